The maximum Gasteiger partial charge on any atom is 0.141 e. The molecule has 31 heavy (non-hydrogen) atoms. The first kappa shape index (κ1) is 20.3. The maximum absolute atomic E-state index is 6.48. The second kappa shape index (κ2) is 8.18. The zero-order valence-corrected chi connectivity index (χ0v) is 19.4. The van der Waals surface area contributed by atoms with Crippen LogP contribution in [0, 0.1) is 5.92 Å². The van der Waals surface area contributed by atoms with Gasteiger partial charge in [-0.15, -0.1) is 11.3 Å². The monoisotopic (exact) mass is 449 g/mol. The average Bonchev–Trinajstić information content (AvgIpc) is 3.16. The predicted molar refractivity (Wildman–Crippen MR) is 130 cm³/mol. The first-order valence-electron chi connectivity index (χ1n) is 10.5. The molecule has 0 bridgehead atoms. The van der Waals surface area contributed by atoms with E-state index in [1.165, 1.54) is 33.4 Å². The Morgan fingerprint density at radius 2 is 1.77 bits per heavy atom. The van der Waals surface area contributed by atoms with E-state index < -0.39 is 0 Å². The van der Waals surface area contributed by atoms with E-state index in [1.54, 1.807) is 14.2 Å². The number of hydrogen-bond acceptors (Lipinski definition) is 4. The van der Waals surface area contributed by atoms with Crippen molar-refractivity contribution in [2.24, 2.45) is 5.92 Å². The van der Waals surface area contributed by atoms with Gasteiger partial charge in [0.25, 0.3) is 0 Å². The lowest BCUT2D eigenvalue weighted by Crippen LogP contribution is -2.08. The smallest absolute Gasteiger partial charge is 0.141 e. The highest BCUT2D eigenvalue weighted by Gasteiger charge is 2.24. The zero-order chi connectivity index (χ0) is 21.5. The van der Waals surface area contributed by atoms with Gasteiger partial charge in [0.15, 0.2) is 0 Å². The molecule has 5 rings (SSSR count). The zero-order valence-electron chi connectivity index (χ0n) is 17.9. The third kappa shape index (κ3) is 3.58. The lowest BCUT2D eigenvalue weighted by atomic mass is 9.87. The molecule has 0 saturated carbocycles. The number of aryl methyl sites for hydroxylation is 1. The highest BCUT2D eigenvalue weighted by atomic mass is 35.5. The molecule has 0 radical (unpaired) electrons. The van der Waals surface area contributed by atoms with Crippen molar-refractivity contribution in [2.75, 3.05) is 14.2 Å². The highest BCUT2D eigenvalue weighted by molar-refractivity contribution is 7.19. The van der Waals surface area contributed by atoms with Crippen molar-refractivity contribution in [3.63, 3.8) is 0 Å². The summed E-state index contributed by atoms with van der Waals surface area (Å²) < 4.78 is 11.1. The van der Waals surface area contributed by atoms with Crippen LogP contribution in [0.3, 0.4) is 0 Å². The topological polar surface area (TPSA) is 31.4 Å². The molecule has 0 fully saturated rings. The van der Waals surface area contributed by atoms with Crippen LogP contribution in [0.1, 0.15) is 23.8 Å². The first-order valence-corrected chi connectivity index (χ1v) is 11.7. The summed E-state index contributed by atoms with van der Waals surface area (Å²) in [7, 11) is 3.27. The lowest BCUT2D eigenvalue weighted by molar-refractivity contribution is 0.395. The molecule has 4 aromatic rings. The summed E-state index contributed by atoms with van der Waals surface area (Å²) in [4.78, 5) is 7.68. The van der Waals surface area contributed by atoms with Crippen molar-refractivity contribution in [1.82, 2.24) is 4.98 Å². The molecular formula is C26H24ClNO2S. The van der Waals surface area contributed by atoms with Gasteiger partial charge >= 0.3 is 0 Å². The summed E-state index contributed by atoms with van der Waals surface area (Å²) >= 11 is 8.31. The van der Waals surface area contributed by atoms with E-state index in [2.05, 4.69) is 43.3 Å². The predicted octanol–water partition coefficient (Wildman–Crippen LogP) is 7.43. The van der Waals surface area contributed by atoms with Gasteiger partial charge in [-0.25, -0.2) is 4.98 Å². The van der Waals surface area contributed by atoms with Crippen LogP contribution in [0.25, 0.3) is 32.6 Å². The van der Waals surface area contributed by atoms with Crippen LogP contribution >= 0.6 is 22.9 Å². The van der Waals surface area contributed by atoms with Crippen LogP contribution < -0.4 is 9.47 Å². The molecule has 5 heteroatoms. The molecule has 2 heterocycles. The third-order valence-corrected chi connectivity index (χ3v) is 7.54. The molecule has 0 amide bonds. The summed E-state index contributed by atoms with van der Waals surface area (Å²) in [5.74, 6) is 2.01. The summed E-state index contributed by atoms with van der Waals surface area (Å²) in [5, 5.41) is 1.85. The summed E-state index contributed by atoms with van der Waals surface area (Å²) in [5.41, 5.74) is 5.64. The fourth-order valence-electron chi connectivity index (χ4n) is 4.49. The van der Waals surface area contributed by atoms with Gasteiger partial charge < -0.3 is 9.47 Å². The normalized spacial score (nSPS) is 15.7. The highest BCUT2D eigenvalue weighted by Crippen LogP contribution is 2.45. The molecule has 2 aromatic carbocycles. The number of halogens is 1. The number of fused-ring (bicyclic) bond motifs is 3. The van der Waals surface area contributed by atoms with Crippen molar-refractivity contribution in [2.45, 2.75) is 26.2 Å². The maximum atomic E-state index is 6.48. The van der Waals surface area contributed by atoms with Gasteiger partial charge in [-0.1, -0.05) is 48.9 Å². The fraction of sp³-hybridized carbons (Fsp3) is 0.269. The van der Waals surface area contributed by atoms with Crippen LogP contribution in [-0.4, -0.2) is 19.2 Å². The van der Waals surface area contributed by atoms with Crippen LogP contribution in [0.15, 0.2) is 48.5 Å². The second-order valence-electron chi connectivity index (χ2n) is 8.14. The number of pyridine rings is 1. The number of rotatable bonds is 4. The number of hydrogen-bond donors (Lipinski definition) is 0. The Labute approximate surface area is 191 Å². The number of methoxy groups -OCH3 is 2. The minimum absolute atomic E-state index is 0.542. The molecule has 1 unspecified atom stereocenters. The lowest BCUT2D eigenvalue weighted by Gasteiger charge is -2.18. The molecule has 1 aliphatic rings. The standard InChI is InChI=1S/C26H24ClNO2S/c1-15-9-10-17-24(11-15)31-26-25(17)18(16-7-5-4-6-8-16)13-21(28-26)19-12-20(27)23(30-3)14-22(19)29-2/h4-8,12-15H,9-11H2,1-3H3. The Morgan fingerprint density at radius 1 is 1.00 bits per heavy atom. The summed E-state index contributed by atoms with van der Waals surface area (Å²) in [6.07, 6.45) is 3.49. The largest absolute Gasteiger partial charge is 0.496 e. The number of nitrogens with zero attached hydrogens (tertiary/aromatic N) is 1. The quantitative estimate of drug-likeness (QED) is 0.324. The SMILES string of the molecule is COc1cc(OC)c(-c2cc(-c3ccccc3)c3c4c(sc3n2)CC(C)CC4)cc1Cl. The van der Waals surface area contributed by atoms with Crippen molar-refractivity contribution in [3.8, 4) is 33.9 Å². The minimum Gasteiger partial charge on any atom is -0.496 e. The molecular weight excluding hydrogens is 426 g/mol. The van der Waals surface area contributed by atoms with E-state index in [-0.39, 0.29) is 0 Å². The molecule has 0 aliphatic heterocycles. The van der Waals surface area contributed by atoms with E-state index in [0.717, 1.165) is 34.8 Å². The minimum atomic E-state index is 0.542. The number of benzene rings is 2. The third-order valence-electron chi connectivity index (χ3n) is 6.10. The summed E-state index contributed by atoms with van der Waals surface area (Å²) in [6, 6.07) is 16.5. The van der Waals surface area contributed by atoms with E-state index in [4.69, 9.17) is 26.1 Å². The fourth-order valence-corrected chi connectivity index (χ4v) is 6.14. The van der Waals surface area contributed by atoms with Crippen LogP contribution in [-0.2, 0) is 12.8 Å². The molecule has 158 valence electrons. The Kier molecular flexibility index (Phi) is 5.37. The van der Waals surface area contributed by atoms with Gasteiger partial charge in [-0.2, -0.15) is 0 Å². The number of thiophene rings is 1. The van der Waals surface area contributed by atoms with Crippen LogP contribution in [0.5, 0.6) is 11.5 Å². The van der Waals surface area contributed by atoms with E-state index >= 15 is 0 Å². The Balaban J connectivity index is 1.79. The number of aromatic nitrogens is 1. The molecule has 0 saturated heterocycles. The first-order chi connectivity index (χ1) is 15.1. The van der Waals surface area contributed by atoms with Gasteiger partial charge in [0.2, 0.25) is 0 Å². The molecule has 1 atom stereocenters. The van der Waals surface area contributed by atoms with Gasteiger partial charge in [0, 0.05) is 21.9 Å². The van der Waals surface area contributed by atoms with Crippen LogP contribution in [0.2, 0.25) is 5.02 Å². The summed E-state index contributed by atoms with van der Waals surface area (Å²) in [6.45, 7) is 2.34. The second-order valence-corrected chi connectivity index (χ2v) is 9.63. The molecule has 2 aromatic heterocycles. The van der Waals surface area contributed by atoms with Gasteiger partial charge in [0.1, 0.15) is 16.3 Å². The Hall–Kier alpha value is -2.56. The molecule has 3 nitrogen and oxygen atoms in total. The van der Waals surface area contributed by atoms with E-state index in [9.17, 15) is 0 Å². The molecule has 0 N–H and O–H groups in total. The van der Waals surface area contributed by atoms with Gasteiger partial charge in [-0.05, 0) is 54.0 Å². The average molecular weight is 450 g/mol. The van der Waals surface area contributed by atoms with Crippen molar-refractivity contribution in [1.29, 1.82) is 0 Å². The van der Waals surface area contributed by atoms with Gasteiger partial charge in [-0.3, -0.25) is 0 Å². The number of ether oxygens (including phenoxy) is 2. The Bertz CT molecular complexity index is 1270. The Morgan fingerprint density at radius 3 is 2.52 bits per heavy atom. The van der Waals surface area contributed by atoms with E-state index in [0.29, 0.717) is 16.5 Å². The molecule has 0 spiro atoms. The van der Waals surface area contributed by atoms with Crippen molar-refractivity contribution >= 4 is 33.2 Å². The van der Waals surface area contributed by atoms with Crippen molar-refractivity contribution in [3.05, 3.63) is 64.0 Å². The molecule has 1 aliphatic carbocycles. The van der Waals surface area contributed by atoms with Gasteiger partial charge in [0.05, 0.1) is 24.9 Å². The van der Waals surface area contributed by atoms with E-state index in [1.807, 2.05) is 23.5 Å². The van der Waals surface area contributed by atoms with Crippen molar-refractivity contribution < 1.29 is 9.47 Å². The van der Waals surface area contributed by atoms with Crippen LogP contribution in [0.4, 0.5) is 0 Å².